The second kappa shape index (κ2) is 11.1. The van der Waals surface area contributed by atoms with Crippen molar-refractivity contribution in [1.82, 2.24) is 9.80 Å². The molecule has 3 unspecified atom stereocenters. The van der Waals surface area contributed by atoms with Crippen LogP contribution in [-0.2, 0) is 11.3 Å². The minimum atomic E-state index is 0. The first-order valence-corrected chi connectivity index (χ1v) is 9.48. The predicted octanol–water partition coefficient (Wildman–Crippen LogP) is 3.33. The van der Waals surface area contributed by atoms with E-state index >= 15 is 0 Å². The first-order chi connectivity index (χ1) is 11.7. The molecule has 1 amide bonds. The zero-order valence-corrected chi connectivity index (χ0v) is 17.3. The van der Waals surface area contributed by atoms with Gasteiger partial charge in [-0.3, -0.25) is 9.69 Å². The normalized spacial score (nSPS) is 25.4. The minimum Gasteiger partial charge on any atom is -0.342 e. The average Bonchev–Trinajstić information content (AvgIpc) is 3.22. The van der Waals surface area contributed by atoms with E-state index in [2.05, 4.69) is 47.1 Å². The number of hydrogen-bond donors (Lipinski definition) is 1. The predicted molar refractivity (Wildman–Crippen MR) is 112 cm³/mol. The first-order valence-electron chi connectivity index (χ1n) is 9.48. The van der Waals surface area contributed by atoms with Gasteiger partial charge < -0.3 is 10.6 Å². The van der Waals surface area contributed by atoms with Gasteiger partial charge in [-0.15, -0.1) is 24.8 Å². The van der Waals surface area contributed by atoms with Gasteiger partial charge in [0.2, 0.25) is 5.91 Å². The maximum atomic E-state index is 12.8. The van der Waals surface area contributed by atoms with Gasteiger partial charge in [0.25, 0.3) is 0 Å². The molecule has 1 aliphatic carbocycles. The van der Waals surface area contributed by atoms with Gasteiger partial charge in [-0.25, -0.2) is 0 Å². The standard InChI is InChI=1S/C20H31N3O.2ClH/c1-2-23(20(24)18-9-6-10-19(18)21)15-17-11-12-22(14-17)13-16-7-4-3-5-8-16;;/h3-5,7-8,17-19H,2,6,9-15,21H2,1H3;2*1H. The van der Waals surface area contributed by atoms with Gasteiger partial charge in [0.15, 0.2) is 0 Å². The molecule has 2 N–H and O–H groups in total. The number of rotatable bonds is 6. The molecule has 1 heterocycles. The summed E-state index contributed by atoms with van der Waals surface area (Å²) in [5, 5.41) is 0. The number of hydrogen-bond acceptors (Lipinski definition) is 3. The first kappa shape index (κ1) is 23.2. The highest BCUT2D eigenvalue weighted by Gasteiger charge is 2.34. The summed E-state index contributed by atoms with van der Waals surface area (Å²) in [7, 11) is 0. The van der Waals surface area contributed by atoms with Crippen molar-refractivity contribution in [3.63, 3.8) is 0 Å². The summed E-state index contributed by atoms with van der Waals surface area (Å²) in [6.45, 7) is 7.03. The number of likely N-dealkylation sites (tertiary alicyclic amines) is 1. The number of carbonyl (C=O) groups is 1. The van der Waals surface area contributed by atoms with E-state index in [0.717, 1.165) is 52.0 Å². The third-order valence-electron chi connectivity index (χ3n) is 5.68. The van der Waals surface area contributed by atoms with Gasteiger partial charge in [-0.2, -0.15) is 0 Å². The molecule has 6 heteroatoms. The Hall–Kier alpha value is -0.810. The third-order valence-corrected chi connectivity index (χ3v) is 5.68. The van der Waals surface area contributed by atoms with Crippen LogP contribution in [0.4, 0.5) is 0 Å². The summed E-state index contributed by atoms with van der Waals surface area (Å²) in [5.74, 6) is 0.950. The van der Waals surface area contributed by atoms with Crippen molar-refractivity contribution in [2.45, 2.75) is 45.2 Å². The number of nitrogens with two attached hydrogens (primary N) is 1. The van der Waals surface area contributed by atoms with Gasteiger partial charge in [-0.05, 0) is 44.2 Å². The van der Waals surface area contributed by atoms with Crippen LogP contribution in [0.2, 0.25) is 0 Å². The van der Waals surface area contributed by atoms with Gasteiger partial charge >= 0.3 is 0 Å². The number of benzene rings is 1. The second-order valence-electron chi connectivity index (χ2n) is 7.45. The zero-order valence-electron chi connectivity index (χ0n) is 15.7. The summed E-state index contributed by atoms with van der Waals surface area (Å²) in [5.41, 5.74) is 7.51. The van der Waals surface area contributed by atoms with Crippen molar-refractivity contribution < 1.29 is 4.79 Å². The number of amides is 1. The molecule has 1 saturated heterocycles. The lowest BCUT2D eigenvalue weighted by Gasteiger charge is -2.28. The molecular formula is C20H33Cl2N3O. The van der Waals surface area contributed by atoms with Crippen LogP contribution in [0.25, 0.3) is 0 Å². The molecule has 1 aromatic carbocycles. The number of nitrogens with zero attached hydrogens (tertiary/aromatic N) is 2. The van der Waals surface area contributed by atoms with Crippen molar-refractivity contribution in [3.05, 3.63) is 35.9 Å². The van der Waals surface area contributed by atoms with Crippen LogP contribution in [-0.4, -0.2) is 47.9 Å². The van der Waals surface area contributed by atoms with Crippen molar-refractivity contribution in [3.8, 4) is 0 Å². The van der Waals surface area contributed by atoms with Gasteiger partial charge in [0.05, 0.1) is 5.92 Å². The SMILES string of the molecule is CCN(CC1CCN(Cc2ccccc2)C1)C(=O)C1CCCC1N.Cl.Cl. The lowest BCUT2D eigenvalue weighted by Crippen LogP contribution is -2.44. The summed E-state index contributed by atoms with van der Waals surface area (Å²) >= 11 is 0. The molecule has 0 bridgehead atoms. The van der Waals surface area contributed by atoms with Crippen LogP contribution in [0.1, 0.15) is 38.2 Å². The molecule has 1 aliphatic heterocycles. The van der Waals surface area contributed by atoms with Crippen molar-refractivity contribution in [1.29, 1.82) is 0 Å². The Morgan fingerprint density at radius 3 is 2.54 bits per heavy atom. The quantitative estimate of drug-likeness (QED) is 0.794. The van der Waals surface area contributed by atoms with Gasteiger partial charge in [-0.1, -0.05) is 36.8 Å². The highest BCUT2D eigenvalue weighted by atomic mass is 35.5. The summed E-state index contributed by atoms with van der Waals surface area (Å²) in [4.78, 5) is 17.4. The number of carbonyl (C=O) groups excluding carboxylic acids is 1. The van der Waals surface area contributed by atoms with Crippen LogP contribution in [0.5, 0.6) is 0 Å². The molecular weight excluding hydrogens is 369 g/mol. The van der Waals surface area contributed by atoms with E-state index in [9.17, 15) is 4.79 Å². The van der Waals surface area contributed by atoms with Crippen LogP contribution in [0.3, 0.4) is 0 Å². The molecule has 0 aromatic heterocycles. The van der Waals surface area contributed by atoms with Gasteiger partial charge in [0.1, 0.15) is 0 Å². The lowest BCUT2D eigenvalue weighted by molar-refractivity contribution is -0.136. The zero-order chi connectivity index (χ0) is 16.9. The molecule has 1 aromatic rings. The van der Waals surface area contributed by atoms with Crippen molar-refractivity contribution >= 4 is 30.7 Å². The molecule has 2 aliphatic rings. The highest BCUT2D eigenvalue weighted by molar-refractivity contribution is 5.85. The van der Waals surface area contributed by atoms with E-state index in [1.807, 2.05) is 0 Å². The Labute approximate surface area is 170 Å². The Morgan fingerprint density at radius 2 is 1.92 bits per heavy atom. The molecule has 4 nitrogen and oxygen atoms in total. The Bertz CT molecular complexity index is 543. The smallest absolute Gasteiger partial charge is 0.227 e. The van der Waals surface area contributed by atoms with E-state index in [1.165, 1.54) is 12.0 Å². The van der Waals surface area contributed by atoms with Crippen molar-refractivity contribution in [2.24, 2.45) is 17.6 Å². The molecule has 3 rings (SSSR count). The largest absolute Gasteiger partial charge is 0.342 e. The van der Waals surface area contributed by atoms with E-state index < -0.39 is 0 Å². The maximum Gasteiger partial charge on any atom is 0.227 e. The summed E-state index contributed by atoms with van der Waals surface area (Å²) in [6.07, 6.45) is 4.26. The topological polar surface area (TPSA) is 49.6 Å². The van der Waals surface area contributed by atoms with Crippen LogP contribution in [0.15, 0.2) is 30.3 Å². The van der Waals surface area contributed by atoms with E-state index in [1.54, 1.807) is 0 Å². The fraction of sp³-hybridized carbons (Fsp3) is 0.650. The lowest BCUT2D eigenvalue weighted by atomic mass is 10.0. The summed E-state index contributed by atoms with van der Waals surface area (Å²) < 4.78 is 0. The van der Waals surface area contributed by atoms with Crippen LogP contribution >= 0.6 is 24.8 Å². The molecule has 3 atom stereocenters. The maximum absolute atomic E-state index is 12.8. The monoisotopic (exact) mass is 401 g/mol. The third kappa shape index (κ3) is 5.85. The Morgan fingerprint density at radius 1 is 1.19 bits per heavy atom. The molecule has 0 radical (unpaired) electrons. The molecule has 0 spiro atoms. The van der Waals surface area contributed by atoms with Crippen LogP contribution < -0.4 is 5.73 Å². The van der Waals surface area contributed by atoms with Crippen molar-refractivity contribution in [2.75, 3.05) is 26.2 Å². The molecule has 1 saturated carbocycles. The molecule has 2 fully saturated rings. The summed E-state index contributed by atoms with van der Waals surface area (Å²) in [6, 6.07) is 10.7. The minimum absolute atomic E-state index is 0. The molecule has 26 heavy (non-hydrogen) atoms. The van der Waals surface area contributed by atoms with Gasteiger partial charge in [0, 0.05) is 32.2 Å². The Balaban J connectivity index is 0.00000169. The fourth-order valence-electron chi connectivity index (χ4n) is 4.26. The average molecular weight is 402 g/mol. The number of halogens is 2. The molecule has 148 valence electrons. The van der Waals surface area contributed by atoms with E-state index in [-0.39, 0.29) is 36.8 Å². The Kier molecular flexibility index (Phi) is 9.94. The highest BCUT2D eigenvalue weighted by Crippen LogP contribution is 2.27. The second-order valence-corrected chi connectivity index (χ2v) is 7.45. The fourth-order valence-corrected chi connectivity index (χ4v) is 4.26. The van der Waals surface area contributed by atoms with E-state index in [0.29, 0.717) is 11.8 Å². The van der Waals surface area contributed by atoms with E-state index in [4.69, 9.17) is 5.73 Å². The van der Waals surface area contributed by atoms with Crippen LogP contribution in [0, 0.1) is 11.8 Å².